The van der Waals surface area contributed by atoms with Crippen LogP contribution in [-0.2, 0) is 4.74 Å². The number of rotatable bonds is 2. The highest BCUT2D eigenvalue weighted by molar-refractivity contribution is 5.71. The molecular weight excluding hydrogens is 266 g/mol. The molecule has 1 aliphatic heterocycles. The van der Waals surface area contributed by atoms with Crippen molar-refractivity contribution in [2.45, 2.75) is 31.8 Å². The maximum atomic E-state index is 11.8. The molecule has 3 unspecified atom stereocenters. The van der Waals surface area contributed by atoms with E-state index in [1.165, 1.54) is 0 Å². The highest BCUT2D eigenvalue weighted by Crippen LogP contribution is 2.31. The Bertz CT molecular complexity index is 709. The van der Waals surface area contributed by atoms with Crippen LogP contribution < -0.4 is 11.3 Å². The van der Waals surface area contributed by atoms with E-state index in [0.717, 1.165) is 0 Å². The van der Waals surface area contributed by atoms with E-state index in [4.69, 9.17) is 15.6 Å². The normalized spacial score (nSPS) is 26.4. The van der Waals surface area contributed by atoms with Gasteiger partial charge in [-0.15, -0.1) is 0 Å². The van der Waals surface area contributed by atoms with E-state index in [1.807, 2.05) is 0 Å². The van der Waals surface area contributed by atoms with Crippen LogP contribution in [-0.4, -0.2) is 48.5 Å². The molecule has 1 saturated heterocycles. The molecule has 3 atom stereocenters. The summed E-state index contributed by atoms with van der Waals surface area (Å²) in [5.74, 6) is 0.514. The van der Waals surface area contributed by atoms with Crippen LogP contribution in [0.2, 0.25) is 0 Å². The first-order valence-corrected chi connectivity index (χ1v) is 6.20. The largest absolute Gasteiger partial charge is 0.394 e. The number of H-pyrrole nitrogens is 1. The van der Waals surface area contributed by atoms with Gasteiger partial charge in [0.1, 0.15) is 18.2 Å². The Labute approximate surface area is 113 Å². The van der Waals surface area contributed by atoms with Crippen molar-refractivity contribution < 1.29 is 14.9 Å². The molecule has 0 bridgehead atoms. The van der Waals surface area contributed by atoms with Crippen LogP contribution in [0.4, 0.5) is 5.95 Å². The van der Waals surface area contributed by atoms with E-state index < -0.39 is 24.0 Å². The number of nitrogen functional groups attached to an aromatic ring is 1. The lowest BCUT2D eigenvalue weighted by atomic mass is 10.2. The number of aliphatic hydroxyl groups excluding tert-OH is 2. The van der Waals surface area contributed by atoms with Gasteiger partial charge in [0.15, 0.2) is 11.2 Å². The highest BCUT2D eigenvalue weighted by Gasteiger charge is 2.36. The molecule has 9 heteroatoms. The Morgan fingerprint density at radius 3 is 2.95 bits per heavy atom. The molecule has 9 nitrogen and oxygen atoms in total. The number of anilines is 1. The molecule has 0 saturated carbocycles. The molecule has 0 aliphatic carbocycles. The molecular formula is C11H15N5O4. The summed E-state index contributed by atoms with van der Waals surface area (Å²) in [5, 5.41) is 18.9. The van der Waals surface area contributed by atoms with Gasteiger partial charge in [0.05, 0.1) is 12.7 Å². The van der Waals surface area contributed by atoms with Crippen LogP contribution >= 0.6 is 0 Å². The average Bonchev–Trinajstić information content (AvgIpc) is 2.89. The van der Waals surface area contributed by atoms with Crippen molar-refractivity contribution in [2.24, 2.45) is 0 Å². The zero-order valence-electron chi connectivity index (χ0n) is 10.8. The van der Waals surface area contributed by atoms with Crippen molar-refractivity contribution in [1.29, 1.82) is 0 Å². The molecule has 0 radical (unpaired) electrons. The average molecular weight is 281 g/mol. The van der Waals surface area contributed by atoms with Crippen LogP contribution in [0.3, 0.4) is 0 Å². The highest BCUT2D eigenvalue weighted by atomic mass is 16.5. The zero-order valence-corrected chi connectivity index (χ0v) is 10.8. The van der Waals surface area contributed by atoms with Crippen molar-refractivity contribution in [2.75, 3.05) is 12.3 Å². The fourth-order valence-electron chi connectivity index (χ4n) is 2.49. The number of aromatic nitrogens is 4. The van der Waals surface area contributed by atoms with Crippen molar-refractivity contribution >= 4 is 17.1 Å². The third kappa shape index (κ3) is 1.87. The summed E-state index contributed by atoms with van der Waals surface area (Å²) in [6.45, 7) is 1.43. The second-order valence-corrected chi connectivity index (χ2v) is 4.77. The molecule has 1 aliphatic rings. The molecule has 20 heavy (non-hydrogen) atoms. The van der Waals surface area contributed by atoms with Gasteiger partial charge in [0, 0.05) is 6.42 Å². The van der Waals surface area contributed by atoms with Crippen LogP contribution in [0.1, 0.15) is 18.5 Å². The minimum absolute atomic E-state index is 0.0131. The number of hydrogen-bond acceptors (Lipinski definition) is 7. The number of aliphatic hydroxyl groups is 2. The molecule has 2 aromatic rings. The Morgan fingerprint density at radius 1 is 1.55 bits per heavy atom. The number of fused-ring (bicyclic) bond motifs is 1. The quantitative estimate of drug-likeness (QED) is 0.533. The van der Waals surface area contributed by atoms with E-state index in [-0.39, 0.29) is 24.5 Å². The van der Waals surface area contributed by atoms with Crippen molar-refractivity contribution in [3.63, 3.8) is 0 Å². The van der Waals surface area contributed by atoms with Crippen molar-refractivity contribution in [1.82, 2.24) is 19.5 Å². The number of nitrogens with two attached hydrogens (primary N) is 1. The topological polar surface area (TPSA) is 139 Å². The Morgan fingerprint density at radius 2 is 2.30 bits per heavy atom. The summed E-state index contributed by atoms with van der Waals surface area (Å²) >= 11 is 0. The standard InChI is InChI=1S/C11H15N5O4/c1-4-13-8-9(14-11(12)15-10(8)19)16(4)7-2-5(18)6(3-17)20-7/h5-7,17-18H,2-3H2,1H3,(H3,12,14,15,19). The maximum Gasteiger partial charge on any atom is 0.280 e. The number of aromatic amines is 1. The summed E-state index contributed by atoms with van der Waals surface area (Å²) in [6, 6.07) is 0. The smallest absolute Gasteiger partial charge is 0.280 e. The molecule has 1 fully saturated rings. The molecule has 3 rings (SSSR count). The number of imidazole rings is 1. The third-order valence-corrected chi connectivity index (χ3v) is 3.42. The van der Waals surface area contributed by atoms with E-state index >= 15 is 0 Å². The van der Waals surface area contributed by atoms with Gasteiger partial charge in [-0.25, -0.2) is 4.98 Å². The molecule has 0 spiro atoms. The van der Waals surface area contributed by atoms with Gasteiger partial charge in [-0.1, -0.05) is 0 Å². The first kappa shape index (κ1) is 13.0. The second-order valence-electron chi connectivity index (χ2n) is 4.77. The fraction of sp³-hybridized carbons (Fsp3) is 0.545. The molecule has 5 N–H and O–H groups in total. The molecule has 108 valence electrons. The fourth-order valence-corrected chi connectivity index (χ4v) is 2.49. The number of ether oxygens (including phenoxy) is 1. The first-order valence-electron chi connectivity index (χ1n) is 6.20. The van der Waals surface area contributed by atoms with Crippen molar-refractivity contribution in [3.8, 4) is 0 Å². The summed E-state index contributed by atoms with van der Waals surface area (Å²) < 4.78 is 7.18. The van der Waals surface area contributed by atoms with Gasteiger partial charge in [0.2, 0.25) is 5.95 Å². The van der Waals surface area contributed by atoms with E-state index in [0.29, 0.717) is 11.5 Å². The predicted molar refractivity (Wildman–Crippen MR) is 68.9 cm³/mol. The number of nitrogens with one attached hydrogen (secondary N) is 1. The lowest BCUT2D eigenvalue weighted by Gasteiger charge is -2.15. The summed E-state index contributed by atoms with van der Waals surface area (Å²) in [6.07, 6.45) is -1.69. The minimum atomic E-state index is -0.777. The van der Waals surface area contributed by atoms with Crippen LogP contribution in [0.5, 0.6) is 0 Å². The molecule has 2 aromatic heterocycles. The number of nitrogens with zero attached hydrogens (tertiary/aromatic N) is 3. The second kappa shape index (κ2) is 4.54. The predicted octanol–water partition coefficient (Wildman–Crippen LogP) is -1.35. The van der Waals surface area contributed by atoms with Crippen molar-refractivity contribution in [3.05, 3.63) is 16.2 Å². The van der Waals surface area contributed by atoms with E-state index in [2.05, 4.69) is 15.0 Å². The monoisotopic (exact) mass is 281 g/mol. The summed E-state index contributed by atoms with van der Waals surface area (Å²) in [5.41, 5.74) is 5.59. The Kier molecular flexibility index (Phi) is 2.96. The van der Waals surface area contributed by atoms with E-state index in [9.17, 15) is 9.90 Å². The van der Waals surface area contributed by atoms with Crippen LogP contribution in [0.15, 0.2) is 4.79 Å². The number of hydrogen-bond donors (Lipinski definition) is 4. The van der Waals surface area contributed by atoms with Gasteiger partial charge in [-0.05, 0) is 6.92 Å². The van der Waals surface area contributed by atoms with Gasteiger partial charge in [0.25, 0.3) is 5.56 Å². The lowest BCUT2D eigenvalue weighted by Crippen LogP contribution is -2.24. The van der Waals surface area contributed by atoms with Gasteiger partial charge in [-0.2, -0.15) is 4.98 Å². The zero-order chi connectivity index (χ0) is 14.4. The van der Waals surface area contributed by atoms with Gasteiger partial charge < -0.3 is 20.7 Å². The number of aryl methyl sites for hydroxylation is 1. The van der Waals surface area contributed by atoms with E-state index in [1.54, 1.807) is 11.5 Å². The minimum Gasteiger partial charge on any atom is -0.394 e. The first-order chi connectivity index (χ1) is 9.51. The van der Waals surface area contributed by atoms with Crippen LogP contribution in [0.25, 0.3) is 11.2 Å². The lowest BCUT2D eigenvalue weighted by molar-refractivity contribution is -0.0437. The van der Waals surface area contributed by atoms with Gasteiger partial charge in [-0.3, -0.25) is 14.3 Å². The summed E-state index contributed by atoms with van der Waals surface area (Å²) in [7, 11) is 0. The maximum absolute atomic E-state index is 11.8. The van der Waals surface area contributed by atoms with Gasteiger partial charge >= 0.3 is 0 Å². The Hall–Kier alpha value is -1.97. The van der Waals surface area contributed by atoms with Crippen LogP contribution in [0, 0.1) is 6.92 Å². The SMILES string of the molecule is Cc1nc2c(=O)[nH]c(N)nc2n1C1CC(O)C(CO)O1. The third-order valence-electron chi connectivity index (χ3n) is 3.42. The molecule has 0 amide bonds. The summed E-state index contributed by atoms with van der Waals surface area (Å²) in [4.78, 5) is 22.4. The Balaban J connectivity index is 2.13. The molecule has 0 aromatic carbocycles. The molecule has 3 heterocycles.